The molecule has 1 aliphatic rings. The number of likely N-dealkylation sites (tertiary alicyclic amines) is 1. The van der Waals surface area contributed by atoms with Crippen molar-refractivity contribution in [2.75, 3.05) is 26.3 Å². The van der Waals surface area contributed by atoms with Crippen LogP contribution in [-0.2, 0) is 4.79 Å². The SMILES string of the molecule is CC(C)(CO)C(=O)N1CCC(CCO)CC1. The lowest BCUT2D eigenvalue weighted by molar-refractivity contribution is -0.143. The molecular weight excluding hydrogens is 206 g/mol. The lowest BCUT2D eigenvalue weighted by Crippen LogP contribution is -2.46. The number of carbonyl (C=O) groups excluding carboxylic acids is 1. The van der Waals surface area contributed by atoms with Crippen molar-refractivity contribution in [3.05, 3.63) is 0 Å². The molecule has 0 aromatic heterocycles. The van der Waals surface area contributed by atoms with Crippen LogP contribution in [0, 0.1) is 11.3 Å². The topological polar surface area (TPSA) is 60.8 Å². The summed E-state index contributed by atoms with van der Waals surface area (Å²) < 4.78 is 0. The van der Waals surface area contributed by atoms with Gasteiger partial charge in [-0.2, -0.15) is 0 Å². The maximum absolute atomic E-state index is 12.0. The summed E-state index contributed by atoms with van der Waals surface area (Å²) in [4.78, 5) is 13.9. The quantitative estimate of drug-likeness (QED) is 0.743. The molecule has 0 atom stereocenters. The first-order valence-corrected chi connectivity index (χ1v) is 6.02. The molecule has 0 radical (unpaired) electrons. The first-order chi connectivity index (χ1) is 7.51. The smallest absolute Gasteiger partial charge is 0.230 e. The second-order valence-corrected chi connectivity index (χ2v) is 5.29. The van der Waals surface area contributed by atoms with E-state index in [0.717, 1.165) is 32.4 Å². The lowest BCUT2D eigenvalue weighted by Gasteiger charge is -2.36. The van der Waals surface area contributed by atoms with Crippen LogP contribution in [0.15, 0.2) is 0 Å². The number of hydrogen-bond acceptors (Lipinski definition) is 3. The van der Waals surface area contributed by atoms with E-state index >= 15 is 0 Å². The van der Waals surface area contributed by atoms with E-state index in [1.165, 1.54) is 0 Å². The van der Waals surface area contributed by atoms with Gasteiger partial charge in [-0.3, -0.25) is 4.79 Å². The Balaban J connectivity index is 2.45. The van der Waals surface area contributed by atoms with Crippen LogP contribution < -0.4 is 0 Å². The summed E-state index contributed by atoms with van der Waals surface area (Å²) in [6.07, 6.45) is 2.77. The highest BCUT2D eigenvalue weighted by molar-refractivity contribution is 5.82. The highest BCUT2D eigenvalue weighted by Gasteiger charge is 2.33. The van der Waals surface area contributed by atoms with E-state index in [0.29, 0.717) is 5.92 Å². The summed E-state index contributed by atoms with van der Waals surface area (Å²) in [5.41, 5.74) is -0.663. The van der Waals surface area contributed by atoms with Gasteiger partial charge in [0.2, 0.25) is 5.91 Å². The molecule has 4 nitrogen and oxygen atoms in total. The molecule has 0 spiro atoms. The molecule has 1 heterocycles. The highest BCUT2D eigenvalue weighted by Crippen LogP contribution is 2.24. The second-order valence-electron chi connectivity index (χ2n) is 5.29. The molecule has 0 aromatic carbocycles. The van der Waals surface area contributed by atoms with E-state index in [1.54, 1.807) is 13.8 Å². The van der Waals surface area contributed by atoms with Crippen molar-refractivity contribution in [2.24, 2.45) is 11.3 Å². The molecule has 2 N–H and O–H groups in total. The summed E-state index contributed by atoms with van der Waals surface area (Å²) >= 11 is 0. The number of nitrogens with zero attached hydrogens (tertiary/aromatic N) is 1. The number of piperidine rings is 1. The first kappa shape index (κ1) is 13.5. The average molecular weight is 229 g/mol. The Morgan fingerprint density at radius 1 is 1.31 bits per heavy atom. The van der Waals surface area contributed by atoms with E-state index < -0.39 is 5.41 Å². The molecule has 16 heavy (non-hydrogen) atoms. The summed E-state index contributed by atoms with van der Waals surface area (Å²) in [5, 5.41) is 18.0. The molecule has 1 rings (SSSR count). The van der Waals surface area contributed by atoms with Gasteiger partial charge in [-0.05, 0) is 39.0 Å². The van der Waals surface area contributed by atoms with Crippen LogP contribution in [0.1, 0.15) is 33.1 Å². The summed E-state index contributed by atoms with van der Waals surface area (Å²) in [6, 6.07) is 0. The summed E-state index contributed by atoms with van der Waals surface area (Å²) in [5.74, 6) is 0.587. The highest BCUT2D eigenvalue weighted by atomic mass is 16.3. The van der Waals surface area contributed by atoms with Crippen molar-refractivity contribution in [1.29, 1.82) is 0 Å². The molecule has 0 aromatic rings. The van der Waals surface area contributed by atoms with Gasteiger partial charge in [-0.15, -0.1) is 0 Å². The van der Waals surface area contributed by atoms with E-state index in [9.17, 15) is 4.79 Å². The molecule has 0 bridgehead atoms. The van der Waals surface area contributed by atoms with E-state index in [2.05, 4.69) is 0 Å². The van der Waals surface area contributed by atoms with Crippen LogP contribution in [0.4, 0.5) is 0 Å². The van der Waals surface area contributed by atoms with Gasteiger partial charge in [0, 0.05) is 19.7 Å². The maximum Gasteiger partial charge on any atom is 0.230 e. The molecule has 0 unspecified atom stereocenters. The molecule has 1 amide bonds. The zero-order valence-corrected chi connectivity index (χ0v) is 10.3. The summed E-state index contributed by atoms with van der Waals surface area (Å²) in [6.45, 7) is 5.19. The Labute approximate surface area is 97.3 Å². The fourth-order valence-corrected chi connectivity index (χ4v) is 2.10. The maximum atomic E-state index is 12.0. The van der Waals surface area contributed by atoms with Crippen molar-refractivity contribution in [3.63, 3.8) is 0 Å². The predicted molar refractivity (Wildman–Crippen MR) is 61.9 cm³/mol. The van der Waals surface area contributed by atoms with Crippen LogP contribution in [0.2, 0.25) is 0 Å². The predicted octanol–water partition coefficient (Wildman–Crippen LogP) is 0.626. The first-order valence-electron chi connectivity index (χ1n) is 6.02. The van der Waals surface area contributed by atoms with Gasteiger partial charge in [-0.25, -0.2) is 0 Å². The van der Waals surface area contributed by atoms with Crippen molar-refractivity contribution < 1.29 is 15.0 Å². The number of carbonyl (C=O) groups is 1. The molecule has 1 aliphatic heterocycles. The Kier molecular flexibility index (Phi) is 4.74. The van der Waals surface area contributed by atoms with E-state index in [4.69, 9.17) is 10.2 Å². The van der Waals surface area contributed by atoms with Gasteiger partial charge >= 0.3 is 0 Å². The number of hydrogen-bond donors (Lipinski definition) is 2. The fourth-order valence-electron chi connectivity index (χ4n) is 2.10. The normalized spacial score (nSPS) is 18.9. The van der Waals surface area contributed by atoms with Gasteiger partial charge in [0.15, 0.2) is 0 Å². The Morgan fingerprint density at radius 3 is 2.31 bits per heavy atom. The van der Waals surface area contributed by atoms with E-state index in [-0.39, 0.29) is 19.1 Å². The van der Waals surface area contributed by atoms with E-state index in [1.807, 2.05) is 4.90 Å². The van der Waals surface area contributed by atoms with Crippen molar-refractivity contribution in [1.82, 2.24) is 4.90 Å². The van der Waals surface area contributed by atoms with Crippen LogP contribution in [-0.4, -0.2) is 47.3 Å². The van der Waals surface area contributed by atoms with Gasteiger partial charge in [-0.1, -0.05) is 0 Å². The number of rotatable bonds is 4. The molecule has 94 valence electrons. The lowest BCUT2D eigenvalue weighted by atomic mass is 9.89. The largest absolute Gasteiger partial charge is 0.396 e. The second kappa shape index (κ2) is 5.64. The molecule has 4 heteroatoms. The minimum absolute atomic E-state index is 0.0393. The van der Waals surface area contributed by atoms with Crippen LogP contribution in [0.5, 0.6) is 0 Å². The molecule has 0 aliphatic carbocycles. The zero-order chi connectivity index (χ0) is 12.2. The van der Waals surface area contributed by atoms with Crippen LogP contribution >= 0.6 is 0 Å². The number of aliphatic hydroxyl groups excluding tert-OH is 2. The standard InChI is InChI=1S/C12H23NO3/c1-12(2,9-15)11(16)13-6-3-10(4-7-13)5-8-14/h10,14-15H,3-9H2,1-2H3. The average Bonchev–Trinajstić information content (AvgIpc) is 2.29. The third kappa shape index (κ3) is 3.19. The van der Waals surface area contributed by atoms with Crippen LogP contribution in [0.25, 0.3) is 0 Å². The van der Waals surface area contributed by atoms with Gasteiger partial charge < -0.3 is 15.1 Å². The molecule has 0 saturated carbocycles. The van der Waals surface area contributed by atoms with Crippen LogP contribution in [0.3, 0.4) is 0 Å². The fraction of sp³-hybridized carbons (Fsp3) is 0.917. The third-order valence-corrected chi connectivity index (χ3v) is 3.41. The number of aliphatic hydroxyl groups is 2. The molecule has 1 fully saturated rings. The summed E-state index contributed by atoms with van der Waals surface area (Å²) in [7, 11) is 0. The minimum Gasteiger partial charge on any atom is -0.396 e. The Bertz CT molecular complexity index is 232. The third-order valence-electron chi connectivity index (χ3n) is 3.41. The Morgan fingerprint density at radius 2 is 1.88 bits per heavy atom. The van der Waals surface area contributed by atoms with Crippen molar-refractivity contribution >= 4 is 5.91 Å². The molecular formula is C12H23NO3. The number of amides is 1. The monoisotopic (exact) mass is 229 g/mol. The van der Waals surface area contributed by atoms with Gasteiger partial charge in [0.05, 0.1) is 12.0 Å². The van der Waals surface area contributed by atoms with Crippen molar-refractivity contribution in [3.8, 4) is 0 Å². The van der Waals surface area contributed by atoms with Crippen molar-refractivity contribution in [2.45, 2.75) is 33.1 Å². The molecule has 1 saturated heterocycles. The van der Waals surface area contributed by atoms with Gasteiger partial charge in [0.1, 0.15) is 0 Å². The minimum atomic E-state index is -0.663. The Hall–Kier alpha value is -0.610. The zero-order valence-electron chi connectivity index (χ0n) is 10.3. The van der Waals surface area contributed by atoms with Gasteiger partial charge in [0.25, 0.3) is 0 Å².